The predicted molar refractivity (Wildman–Crippen MR) is 106 cm³/mol. The van der Waals surface area contributed by atoms with Crippen molar-refractivity contribution >= 4 is 0 Å². The summed E-state index contributed by atoms with van der Waals surface area (Å²) in [5.74, 6) is 0. The van der Waals surface area contributed by atoms with Crippen LogP contribution in [-0.4, -0.2) is 67.8 Å². The van der Waals surface area contributed by atoms with Crippen molar-refractivity contribution in [1.82, 2.24) is 0 Å². The molecule has 1 aliphatic heterocycles. The second kappa shape index (κ2) is 11.7. The van der Waals surface area contributed by atoms with E-state index in [0.29, 0.717) is 6.61 Å². The van der Waals surface area contributed by atoms with Gasteiger partial charge in [0.15, 0.2) is 6.29 Å². The largest absolute Gasteiger partial charge is 0.376 e. The molecule has 162 valence electrons. The van der Waals surface area contributed by atoms with Crippen LogP contribution in [0.2, 0.25) is 0 Å². The van der Waals surface area contributed by atoms with Gasteiger partial charge in [-0.25, -0.2) is 0 Å². The lowest BCUT2D eigenvalue weighted by Gasteiger charge is -2.47. The number of ether oxygens (including phenoxy) is 6. The van der Waals surface area contributed by atoms with Gasteiger partial charge < -0.3 is 28.4 Å². The van der Waals surface area contributed by atoms with E-state index < -0.39 is 6.29 Å². The van der Waals surface area contributed by atoms with Crippen molar-refractivity contribution in [1.29, 1.82) is 0 Å². The third kappa shape index (κ3) is 8.75. The Kier molecular flexibility index (Phi) is 10.7. The Morgan fingerprint density at radius 2 is 1.00 bits per heavy atom. The van der Waals surface area contributed by atoms with E-state index in [9.17, 15) is 0 Å². The van der Waals surface area contributed by atoms with Gasteiger partial charge in [-0.15, -0.1) is 0 Å². The van der Waals surface area contributed by atoms with Gasteiger partial charge in [0.2, 0.25) is 0 Å². The molecule has 1 rings (SSSR count). The molecule has 0 aromatic carbocycles. The SMILES string of the molecule is CC(C)OC[C@H]1O[C@H](OC(C)C)[C@H](OC(C)C)[C@@H](OC(C)C)[C@@H]1OC(C)C. The lowest BCUT2D eigenvalue weighted by molar-refractivity contribution is -0.340. The molecular weight excluding hydrogens is 348 g/mol. The molecule has 6 heteroatoms. The van der Waals surface area contributed by atoms with Crippen LogP contribution < -0.4 is 0 Å². The fraction of sp³-hybridized carbons (Fsp3) is 1.00. The molecular formula is C21H42O6. The summed E-state index contributed by atoms with van der Waals surface area (Å²) in [7, 11) is 0. The molecule has 0 bridgehead atoms. The van der Waals surface area contributed by atoms with E-state index in [0.717, 1.165) is 0 Å². The first-order valence-corrected chi connectivity index (χ1v) is 10.4. The standard InChI is InChI=1S/C21H42O6/c1-12(2)22-11-17-18(23-13(3)4)19(24-14(5)6)20(25-15(7)8)21(27-17)26-16(9)10/h12-21H,11H2,1-10H3/t17-,18-,19+,20-,21+/m1/s1. The van der Waals surface area contributed by atoms with Gasteiger partial charge in [-0.3, -0.25) is 0 Å². The van der Waals surface area contributed by atoms with Crippen LogP contribution in [0.5, 0.6) is 0 Å². The summed E-state index contributed by atoms with van der Waals surface area (Å²) >= 11 is 0. The van der Waals surface area contributed by atoms with Gasteiger partial charge >= 0.3 is 0 Å². The molecule has 0 N–H and O–H groups in total. The van der Waals surface area contributed by atoms with Gasteiger partial charge in [-0.05, 0) is 69.2 Å². The summed E-state index contributed by atoms with van der Waals surface area (Å²) < 4.78 is 37.0. The molecule has 27 heavy (non-hydrogen) atoms. The monoisotopic (exact) mass is 390 g/mol. The van der Waals surface area contributed by atoms with Crippen molar-refractivity contribution in [2.24, 2.45) is 0 Å². The maximum absolute atomic E-state index is 6.31. The number of rotatable bonds is 11. The van der Waals surface area contributed by atoms with Crippen LogP contribution in [0.25, 0.3) is 0 Å². The molecule has 0 amide bonds. The Bertz CT molecular complexity index is 396. The van der Waals surface area contributed by atoms with Gasteiger partial charge in [0.1, 0.15) is 24.4 Å². The van der Waals surface area contributed by atoms with Gasteiger partial charge in [0.25, 0.3) is 0 Å². The molecule has 0 aromatic heterocycles. The highest BCUT2D eigenvalue weighted by atomic mass is 16.7. The van der Waals surface area contributed by atoms with E-state index in [1.807, 2.05) is 69.2 Å². The molecule has 6 nitrogen and oxygen atoms in total. The number of hydrogen-bond donors (Lipinski definition) is 0. The highest BCUT2D eigenvalue weighted by Crippen LogP contribution is 2.32. The average Bonchev–Trinajstić information content (AvgIpc) is 2.49. The molecule has 0 spiro atoms. The van der Waals surface area contributed by atoms with E-state index in [1.165, 1.54) is 0 Å². The van der Waals surface area contributed by atoms with E-state index in [1.54, 1.807) is 0 Å². The minimum atomic E-state index is -0.538. The first kappa shape index (κ1) is 24.8. The van der Waals surface area contributed by atoms with Gasteiger partial charge in [-0.1, -0.05) is 0 Å². The minimum absolute atomic E-state index is 0.00203. The molecule has 1 heterocycles. The fourth-order valence-electron chi connectivity index (χ4n) is 3.08. The summed E-state index contributed by atoms with van der Waals surface area (Å²) in [6.45, 7) is 20.5. The summed E-state index contributed by atoms with van der Waals surface area (Å²) in [5, 5.41) is 0. The zero-order chi connectivity index (χ0) is 20.7. The zero-order valence-corrected chi connectivity index (χ0v) is 18.9. The van der Waals surface area contributed by atoms with Crippen LogP contribution in [0.1, 0.15) is 69.2 Å². The smallest absolute Gasteiger partial charge is 0.187 e. The molecule has 5 atom stereocenters. The van der Waals surface area contributed by atoms with Crippen LogP contribution >= 0.6 is 0 Å². The van der Waals surface area contributed by atoms with Crippen molar-refractivity contribution in [3.63, 3.8) is 0 Å². The maximum atomic E-state index is 6.31. The third-order valence-corrected chi connectivity index (χ3v) is 3.88. The van der Waals surface area contributed by atoms with E-state index >= 15 is 0 Å². The van der Waals surface area contributed by atoms with Gasteiger partial charge in [0, 0.05) is 0 Å². The molecule has 0 radical (unpaired) electrons. The average molecular weight is 391 g/mol. The summed E-state index contributed by atoms with van der Waals surface area (Å²) in [4.78, 5) is 0. The highest BCUT2D eigenvalue weighted by molar-refractivity contribution is 4.94. The fourth-order valence-corrected chi connectivity index (χ4v) is 3.08. The number of hydrogen-bond acceptors (Lipinski definition) is 6. The molecule has 0 unspecified atom stereocenters. The molecule has 1 saturated heterocycles. The Morgan fingerprint density at radius 1 is 0.556 bits per heavy atom. The quantitative estimate of drug-likeness (QED) is 0.533. The Labute approximate surface area is 166 Å². The summed E-state index contributed by atoms with van der Waals surface area (Å²) in [5.41, 5.74) is 0. The Hall–Kier alpha value is -0.240. The second-order valence-electron chi connectivity index (χ2n) is 8.56. The van der Waals surface area contributed by atoms with Crippen LogP contribution in [0.4, 0.5) is 0 Å². The lowest BCUT2D eigenvalue weighted by atomic mass is 9.97. The van der Waals surface area contributed by atoms with Gasteiger partial charge in [-0.2, -0.15) is 0 Å². The molecule has 0 aliphatic carbocycles. The summed E-state index contributed by atoms with van der Waals surface area (Å²) in [6, 6.07) is 0. The van der Waals surface area contributed by atoms with Crippen LogP contribution in [0, 0.1) is 0 Å². The predicted octanol–water partition coefficient (Wildman–Crippen LogP) is 3.94. The van der Waals surface area contributed by atoms with Crippen molar-refractivity contribution in [3.8, 4) is 0 Å². The maximum Gasteiger partial charge on any atom is 0.187 e. The third-order valence-electron chi connectivity index (χ3n) is 3.88. The van der Waals surface area contributed by atoms with E-state index in [2.05, 4.69) is 0 Å². The first-order valence-electron chi connectivity index (χ1n) is 10.4. The molecule has 1 aliphatic rings. The van der Waals surface area contributed by atoms with E-state index in [-0.39, 0.29) is 54.9 Å². The van der Waals surface area contributed by atoms with Crippen LogP contribution in [-0.2, 0) is 28.4 Å². The normalized spacial score (nSPS) is 29.7. The Balaban J connectivity index is 3.19. The van der Waals surface area contributed by atoms with Crippen molar-refractivity contribution in [3.05, 3.63) is 0 Å². The highest BCUT2D eigenvalue weighted by Gasteiger charge is 2.50. The minimum Gasteiger partial charge on any atom is -0.376 e. The lowest BCUT2D eigenvalue weighted by Crippen LogP contribution is -2.63. The Morgan fingerprint density at radius 3 is 1.44 bits per heavy atom. The zero-order valence-electron chi connectivity index (χ0n) is 18.9. The topological polar surface area (TPSA) is 55.4 Å². The molecule has 1 fully saturated rings. The molecule has 0 aromatic rings. The van der Waals surface area contributed by atoms with Crippen molar-refractivity contribution in [2.75, 3.05) is 6.61 Å². The van der Waals surface area contributed by atoms with Crippen molar-refractivity contribution < 1.29 is 28.4 Å². The van der Waals surface area contributed by atoms with Crippen LogP contribution in [0.15, 0.2) is 0 Å². The van der Waals surface area contributed by atoms with E-state index in [4.69, 9.17) is 28.4 Å². The van der Waals surface area contributed by atoms with Crippen molar-refractivity contribution in [2.45, 2.75) is 130 Å². The first-order chi connectivity index (χ1) is 12.5. The van der Waals surface area contributed by atoms with Gasteiger partial charge in [0.05, 0.1) is 37.1 Å². The van der Waals surface area contributed by atoms with Crippen LogP contribution in [0.3, 0.4) is 0 Å². The second-order valence-corrected chi connectivity index (χ2v) is 8.56. The molecule has 0 saturated carbocycles. The summed E-state index contributed by atoms with van der Waals surface area (Å²) in [6.07, 6.45) is -1.66.